The van der Waals surface area contributed by atoms with E-state index in [0.717, 1.165) is 16.8 Å². The van der Waals surface area contributed by atoms with Crippen LogP contribution < -0.4 is 4.72 Å². The normalized spacial score (nSPS) is 15.7. The van der Waals surface area contributed by atoms with Gasteiger partial charge in [0.1, 0.15) is 0 Å². The molecule has 0 saturated heterocycles. The van der Waals surface area contributed by atoms with E-state index in [1.54, 1.807) is 35.3 Å². The molecule has 1 heterocycles. The summed E-state index contributed by atoms with van der Waals surface area (Å²) in [7, 11) is -3.70. The number of hydrogen-bond acceptors (Lipinski definition) is 4. The van der Waals surface area contributed by atoms with Crippen LogP contribution in [0.3, 0.4) is 0 Å². The molecule has 3 aromatic rings. The number of nitrogens with one attached hydrogen (secondary N) is 1. The number of hydrogen-bond donors (Lipinski definition) is 2. The van der Waals surface area contributed by atoms with Gasteiger partial charge in [0.25, 0.3) is 0 Å². The minimum atomic E-state index is -3.70. The largest absolute Gasteiger partial charge is 0.388 e. The Balaban J connectivity index is 1.46. The molecule has 1 aliphatic carbocycles. The maximum absolute atomic E-state index is 12.6. The van der Waals surface area contributed by atoms with Gasteiger partial charge in [-0.2, -0.15) is 5.10 Å². The molecule has 6 nitrogen and oxygen atoms in total. The van der Waals surface area contributed by atoms with Crippen molar-refractivity contribution in [3.05, 3.63) is 78.1 Å². The van der Waals surface area contributed by atoms with Crippen LogP contribution in [0.15, 0.2) is 71.9 Å². The molecular weight excluding hydrogens is 350 g/mol. The summed E-state index contributed by atoms with van der Waals surface area (Å²) in [5.41, 5.74) is 1.82. The summed E-state index contributed by atoms with van der Waals surface area (Å²) in [6, 6.07) is 16.0. The van der Waals surface area contributed by atoms with Crippen LogP contribution in [-0.2, 0) is 22.9 Å². The molecule has 134 valence electrons. The number of nitrogens with zero attached hydrogens (tertiary/aromatic N) is 2. The molecular formula is C19H19N3O3S. The zero-order valence-electron chi connectivity index (χ0n) is 14.0. The third kappa shape index (κ3) is 3.29. The van der Waals surface area contributed by atoms with E-state index in [-0.39, 0.29) is 11.4 Å². The summed E-state index contributed by atoms with van der Waals surface area (Å²) in [4.78, 5) is 0.160. The van der Waals surface area contributed by atoms with E-state index in [1.165, 1.54) is 12.1 Å². The van der Waals surface area contributed by atoms with E-state index in [0.29, 0.717) is 12.8 Å². The zero-order valence-corrected chi connectivity index (χ0v) is 14.9. The van der Waals surface area contributed by atoms with Crippen LogP contribution in [-0.4, -0.2) is 35.5 Å². The Morgan fingerprint density at radius 3 is 2.27 bits per heavy atom. The first kappa shape index (κ1) is 17.0. The quantitative estimate of drug-likeness (QED) is 0.717. The van der Waals surface area contributed by atoms with Gasteiger partial charge in [-0.3, -0.25) is 0 Å². The van der Waals surface area contributed by atoms with E-state index < -0.39 is 15.6 Å². The fourth-order valence-corrected chi connectivity index (χ4v) is 4.43. The molecule has 4 rings (SSSR count). The summed E-state index contributed by atoms with van der Waals surface area (Å²) in [6.07, 6.45) is 4.34. The van der Waals surface area contributed by atoms with E-state index in [4.69, 9.17) is 0 Å². The van der Waals surface area contributed by atoms with Crippen molar-refractivity contribution in [2.45, 2.75) is 23.3 Å². The highest BCUT2D eigenvalue weighted by atomic mass is 32.2. The average Bonchev–Trinajstić information content (AvgIpc) is 3.28. The molecule has 0 radical (unpaired) electrons. The molecule has 2 N–H and O–H groups in total. The molecule has 0 fully saturated rings. The highest BCUT2D eigenvalue weighted by molar-refractivity contribution is 7.89. The predicted molar refractivity (Wildman–Crippen MR) is 97.6 cm³/mol. The number of rotatable bonds is 5. The Morgan fingerprint density at radius 2 is 1.69 bits per heavy atom. The standard InChI is InChI=1S/C19H19N3O3S/c23-19(12-15-4-1-2-5-16(15)13-19)14-21-26(24,25)18-8-6-17(7-9-18)22-11-3-10-20-22/h1-11,21,23H,12-14H2. The van der Waals surface area contributed by atoms with E-state index >= 15 is 0 Å². The Morgan fingerprint density at radius 1 is 1.04 bits per heavy atom. The molecule has 0 atom stereocenters. The van der Waals surface area contributed by atoms with Gasteiger partial charge >= 0.3 is 0 Å². The van der Waals surface area contributed by atoms with Crippen LogP contribution in [0.2, 0.25) is 0 Å². The van der Waals surface area contributed by atoms with Gasteiger partial charge in [-0.25, -0.2) is 17.8 Å². The van der Waals surface area contributed by atoms with Crippen molar-refractivity contribution in [1.29, 1.82) is 0 Å². The van der Waals surface area contributed by atoms with Crippen molar-refractivity contribution in [2.75, 3.05) is 6.54 Å². The van der Waals surface area contributed by atoms with Crippen LogP contribution in [0.4, 0.5) is 0 Å². The fourth-order valence-electron chi connectivity index (χ4n) is 3.31. The molecule has 0 bridgehead atoms. The Hall–Kier alpha value is -2.48. The van der Waals surface area contributed by atoms with Crippen LogP contribution >= 0.6 is 0 Å². The van der Waals surface area contributed by atoms with Gasteiger partial charge in [-0.05, 0) is 41.5 Å². The Kier molecular flexibility index (Phi) is 4.14. The molecule has 26 heavy (non-hydrogen) atoms. The number of aliphatic hydroxyl groups is 1. The van der Waals surface area contributed by atoms with E-state index in [1.807, 2.05) is 24.3 Å². The molecule has 0 saturated carbocycles. The Bertz CT molecular complexity index is 987. The molecule has 0 amide bonds. The molecule has 0 unspecified atom stereocenters. The van der Waals surface area contributed by atoms with Gasteiger partial charge in [-0.15, -0.1) is 0 Å². The van der Waals surface area contributed by atoms with Gasteiger partial charge in [0.2, 0.25) is 10.0 Å². The van der Waals surface area contributed by atoms with Gasteiger partial charge in [-0.1, -0.05) is 24.3 Å². The van der Waals surface area contributed by atoms with Crippen molar-refractivity contribution >= 4 is 10.0 Å². The zero-order chi connectivity index (χ0) is 18.2. The first-order valence-electron chi connectivity index (χ1n) is 8.34. The summed E-state index contributed by atoms with van der Waals surface area (Å²) in [6.45, 7) is -0.0229. The second-order valence-electron chi connectivity index (χ2n) is 6.62. The lowest BCUT2D eigenvalue weighted by Crippen LogP contribution is -2.43. The molecule has 0 spiro atoms. The highest BCUT2D eigenvalue weighted by Gasteiger charge is 2.36. The van der Waals surface area contributed by atoms with Crippen molar-refractivity contribution < 1.29 is 13.5 Å². The van der Waals surface area contributed by atoms with Crippen molar-refractivity contribution in [3.63, 3.8) is 0 Å². The summed E-state index contributed by atoms with van der Waals surface area (Å²) >= 11 is 0. The number of benzene rings is 2. The molecule has 2 aromatic carbocycles. The Labute approximate surface area is 152 Å². The van der Waals surface area contributed by atoms with Crippen LogP contribution in [0.25, 0.3) is 5.69 Å². The van der Waals surface area contributed by atoms with E-state index in [9.17, 15) is 13.5 Å². The lowest BCUT2D eigenvalue weighted by molar-refractivity contribution is 0.0567. The van der Waals surface area contributed by atoms with Crippen molar-refractivity contribution in [1.82, 2.24) is 14.5 Å². The summed E-state index contributed by atoms with van der Waals surface area (Å²) < 4.78 is 29.3. The average molecular weight is 369 g/mol. The second-order valence-corrected chi connectivity index (χ2v) is 8.38. The van der Waals surface area contributed by atoms with Gasteiger partial charge in [0.05, 0.1) is 16.2 Å². The highest BCUT2D eigenvalue weighted by Crippen LogP contribution is 2.29. The number of sulfonamides is 1. The number of fused-ring (bicyclic) bond motifs is 1. The maximum atomic E-state index is 12.6. The smallest absolute Gasteiger partial charge is 0.240 e. The second kappa shape index (κ2) is 6.35. The molecule has 7 heteroatoms. The summed E-state index contributed by atoms with van der Waals surface area (Å²) in [5.74, 6) is 0. The van der Waals surface area contributed by atoms with Crippen molar-refractivity contribution in [3.8, 4) is 5.69 Å². The lowest BCUT2D eigenvalue weighted by Gasteiger charge is -2.22. The van der Waals surface area contributed by atoms with Crippen molar-refractivity contribution in [2.24, 2.45) is 0 Å². The molecule has 0 aliphatic heterocycles. The molecule has 1 aliphatic rings. The predicted octanol–water partition coefficient (Wildman–Crippen LogP) is 1.68. The monoisotopic (exact) mass is 369 g/mol. The maximum Gasteiger partial charge on any atom is 0.240 e. The molecule has 1 aromatic heterocycles. The summed E-state index contributed by atoms with van der Waals surface area (Å²) in [5, 5.41) is 14.9. The minimum absolute atomic E-state index is 0.0229. The van der Waals surface area contributed by atoms with Gasteiger partial charge in [0.15, 0.2) is 0 Å². The van der Waals surface area contributed by atoms with Gasteiger partial charge < -0.3 is 5.11 Å². The lowest BCUT2D eigenvalue weighted by atomic mass is 10.0. The fraction of sp³-hybridized carbons (Fsp3) is 0.211. The number of aromatic nitrogens is 2. The minimum Gasteiger partial charge on any atom is -0.388 e. The van der Waals surface area contributed by atoms with Crippen LogP contribution in [0, 0.1) is 0 Å². The third-order valence-electron chi connectivity index (χ3n) is 4.66. The van der Waals surface area contributed by atoms with Crippen LogP contribution in [0.1, 0.15) is 11.1 Å². The first-order chi connectivity index (χ1) is 12.5. The van der Waals surface area contributed by atoms with E-state index in [2.05, 4.69) is 9.82 Å². The van der Waals surface area contributed by atoms with Gasteiger partial charge in [0, 0.05) is 31.8 Å². The third-order valence-corrected chi connectivity index (χ3v) is 6.08. The topological polar surface area (TPSA) is 84.2 Å². The van der Waals surface area contributed by atoms with Crippen LogP contribution in [0.5, 0.6) is 0 Å². The SMILES string of the molecule is O=S(=O)(NCC1(O)Cc2ccccc2C1)c1ccc(-n2cccn2)cc1. The first-order valence-corrected chi connectivity index (χ1v) is 9.83.